The molecule has 0 bridgehead atoms. The van der Waals surface area contributed by atoms with Gasteiger partial charge in [0.15, 0.2) is 0 Å². The summed E-state index contributed by atoms with van der Waals surface area (Å²) in [6, 6.07) is 10.5. The summed E-state index contributed by atoms with van der Waals surface area (Å²) in [5, 5.41) is 0. The Morgan fingerprint density at radius 2 is 1.67 bits per heavy atom. The first-order valence-corrected chi connectivity index (χ1v) is 3.76. The van der Waals surface area contributed by atoms with Crippen LogP contribution in [0.3, 0.4) is 0 Å². The Bertz CT molecular complexity index is 174. The first-order chi connectivity index (χ1) is 4.93. The van der Waals surface area contributed by atoms with Gasteiger partial charge in [-0.05, 0) is 12.0 Å². The van der Waals surface area contributed by atoms with Crippen molar-refractivity contribution < 1.29 is 17.0 Å². The first-order valence-electron chi connectivity index (χ1n) is 3.76. The van der Waals surface area contributed by atoms with E-state index in [9.17, 15) is 0 Å². The van der Waals surface area contributed by atoms with Crippen molar-refractivity contribution in [2.45, 2.75) is 19.3 Å². The van der Waals surface area contributed by atoms with E-state index in [1.165, 1.54) is 18.4 Å². The summed E-state index contributed by atoms with van der Waals surface area (Å²) in [6.45, 7) is 3.80. The summed E-state index contributed by atoms with van der Waals surface area (Å²) in [4.78, 5) is 0. The van der Waals surface area contributed by atoms with E-state index in [-0.39, 0.29) is 40.0 Å². The molecule has 2 heteroatoms. The van der Waals surface area contributed by atoms with Crippen molar-refractivity contribution in [2.75, 3.05) is 0 Å². The third kappa shape index (κ3) is 6.03. The van der Waals surface area contributed by atoms with Crippen LogP contribution in [0.15, 0.2) is 30.3 Å². The average molecular weight is 237 g/mol. The summed E-state index contributed by atoms with van der Waals surface area (Å²) in [5.74, 6) is 0. The van der Waals surface area contributed by atoms with Crippen LogP contribution < -0.4 is 17.0 Å². The van der Waals surface area contributed by atoms with Crippen molar-refractivity contribution in [3.05, 3.63) is 42.8 Å². The molecule has 0 aromatic heterocycles. The number of hydrogen-bond acceptors (Lipinski definition) is 0. The van der Waals surface area contributed by atoms with Gasteiger partial charge in [-0.3, -0.25) is 0 Å². The Kier molecular flexibility index (Phi) is 11.9. The molecule has 1 aromatic carbocycles. The van der Waals surface area contributed by atoms with Gasteiger partial charge >= 0.3 is 23.1 Å². The van der Waals surface area contributed by atoms with Crippen LogP contribution in [0.1, 0.15) is 18.4 Å². The minimum Gasteiger partial charge on any atom is -1.00 e. The topological polar surface area (TPSA) is 0 Å². The fourth-order valence-electron chi connectivity index (χ4n) is 0.974. The maximum absolute atomic E-state index is 3.80. The summed E-state index contributed by atoms with van der Waals surface area (Å²) in [6.07, 6.45) is 3.41. The molecule has 0 spiro atoms. The number of unbranched alkanes of at least 4 members (excludes halogenated alkanes) is 1. The van der Waals surface area contributed by atoms with Gasteiger partial charge in [0, 0.05) is 0 Å². The van der Waals surface area contributed by atoms with E-state index in [2.05, 4.69) is 31.2 Å². The molecule has 62 valence electrons. The maximum atomic E-state index is 3.80. The molecule has 1 aromatic rings. The van der Waals surface area contributed by atoms with Gasteiger partial charge in [0.2, 0.25) is 0 Å². The van der Waals surface area contributed by atoms with E-state index in [0.29, 0.717) is 0 Å². The number of hydrogen-bond donors (Lipinski definition) is 0. The van der Waals surface area contributed by atoms with Gasteiger partial charge in [-0.2, -0.15) is 6.42 Å². The molecule has 0 aliphatic carbocycles. The average Bonchev–Trinajstić information content (AvgIpc) is 2.03. The molecule has 0 radical (unpaired) electrons. The second kappa shape index (κ2) is 9.55. The third-order valence-corrected chi connectivity index (χ3v) is 1.56. The Labute approximate surface area is 102 Å². The summed E-state index contributed by atoms with van der Waals surface area (Å²) in [5.41, 5.74) is 1.42. The minimum absolute atomic E-state index is 0. The Hall–Kier alpha value is 0.466. The van der Waals surface area contributed by atoms with E-state index >= 15 is 0 Å². The molecule has 0 heterocycles. The molecule has 0 aliphatic rings. The van der Waals surface area contributed by atoms with Gasteiger partial charge in [-0.15, -0.1) is 0 Å². The quantitative estimate of drug-likeness (QED) is 0.490. The molecule has 0 saturated heterocycles. The van der Waals surface area contributed by atoms with Gasteiger partial charge in [-0.1, -0.05) is 36.8 Å². The largest absolute Gasteiger partial charge is 2.00 e. The van der Waals surface area contributed by atoms with Gasteiger partial charge in [0.05, 0.1) is 0 Å². The van der Waals surface area contributed by atoms with Gasteiger partial charge in [0.1, 0.15) is 0 Å². The van der Waals surface area contributed by atoms with Crippen LogP contribution in [-0.2, 0) is 6.42 Å². The maximum Gasteiger partial charge on any atom is 2.00 e. The molecule has 0 amide bonds. The van der Waals surface area contributed by atoms with Crippen LogP contribution in [-0.4, -0.2) is 23.1 Å². The van der Waals surface area contributed by atoms with Crippen molar-refractivity contribution in [3.8, 4) is 0 Å². The number of rotatable bonds is 3. The summed E-state index contributed by atoms with van der Waals surface area (Å²) < 4.78 is 0. The predicted octanol–water partition coefficient (Wildman–Crippen LogP) is -0.533. The molecule has 0 unspecified atom stereocenters. The first kappa shape index (κ1) is 15.0. The van der Waals surface area contributed by atoms with E-state index in [1.54, 1.807) is 0 Å². The molecule has 0 N–H and O–H groups in total. The van der Waals surface area contributed by atoms with Crippen LogP contribution in [0.25, 0.3) is 0 Å². The predicted molar refractivity (Wildman–Crippen MR) is 50.5 cm³/mol. The molecular formula is C10H13BrMg. The third-order valence-electron chi connectivity index (χ3n) is 1.56. The molecule has 0 atom stereocenters. The smallest absolute Gasteiger partial charge is 1.00 e. The van der Waals surface area contributed by atoms with Crippen molar-refractivity contribution in [1.82, 2.24) is 0 Å². The van der Waals surface area contributed by atoms with Crippen molar-refractivity contribution >= 4 is 23.1 Å². The van der Waals surface area contributed by atoms with Crippen LogP contribution in [0.4, 0.5) is 0 Å². The van der Waals surface area contributed by atoms with E-state index in [0.717, 1.165) is 6.42 Å². The van der Waals surface area contributed by atoms with E-state index in [1.807, 2.05) is 6.07 Å². The SMILES string of the molecule is [Br-].[CH2-]CCCc1ccccc1.[Mg+2]. The van der Waals surface area contributed by atoms with Gasteiger partial charge < -0.3 is 23.9 Å². The standard InChI is InChI=1S/C10H13.BrH.Mg/c1-2-3-7-10-8-5-4-6-9-10;;/h4-6,8-9H,1-3,7H2;1H;/q-1;;+2/p-1. The monoisotopic (exact) mass is 236 g/mol. The summed E-state index contributed by atoms with van der Waals surface area (Å²) >= 11 is 0. The Morgan fingerprint density at radius 3 is 2.17 bits per heavy atom. The summed E-state index contributed by atoms with van der Waals surface area (Å²) in [7, 11) is 0. The zero-order valence-electron chi connectivity index (χ0n) is 7.30. The fourth-order valence-corrected chi connectivity index (χ4v) is 0.974. The molecule has 0 fully saturated rings. The molecule has 1 rings (SSSR count). The van der Waals surface area contributed by atoms with E-state index in [4.69, 9.17) is 0 Å². The molecule has 0 saturated carbocycles. The Balaban J connectivity index is 0. The zero-order valence-corrected chi connectivity index (χ0v) is 10.3. The van der Waals surface area contributed by atoms with E-state index < -0.39 is 0 Å². The van der Waals surface area contributed by atoms with Crippen LogP contribution in [0.5, 0.6) is 0 Å². The van der Waals surface area contributed by atoms with Crippen molar-refractivity contribution in [3.63, 3.8) is 0 Å². The molecule has 12 heavy (non-hydrogen) atoms. The second-order valence-corrected chi connectivity index (χ2v) is 2.44. The van der Waals surface area contributed by atoms with Gasteiger partial charge in [0.25, 0.3) is 0 Å². The van der Waals surface area contributed by atoms with Crippen LogP contribution in [0, 0.1) is 6.92 Å². The Morgan fingerprint density at radius 1 is 1.08 bits per heavy atom. The molecular weight excluding hydrogens is 224 g/mol. The van der Waals surface area contributed by atoms with Crippen LogP contribution >= 0.6 is 0 Å². The van der Waals surface area contributed by atoms with Gasteiger partial charge in [-0.25, -0.2) is 0 Å². The minimum atomic E-state index is 0. The van der Waals surface area contributed by atoms with Crippen molar-refractivity contribution in [2.24, 2.45) is 0 Å². The molecule has 0 aliphatic heterocycles. The van der Waals surface area contributed by atoms with Crippen molar-refractivity contribution in [1.29, 1.82) is 0 Å². The number of halogens is 1. The second-order valence-electron chi connectivity index (χ2n) is 2.44. The van der Waals surface area contributed by atoms with Crippen LogP contribution in [0.2, 0.25) is 0 Å². The number of aryl methyl sites for hydroxylation is 1. The fraction of sp³-hybridized carbons (Fsp3) is 0.300. The zero-order chi connectivity index (χ0) is 7.23. The number of benzene rings is 1. The molecule has 0 nitrogen and oxygen atoms in total. The normalized spacial score (nSPS) is 8.08.